The predicted molar refractivity (Wildman–Crippen MR) is 97.9 cm³/mol. The van der Waals surface area contributed by atoms with E-state index >= 15 is 0 Å². The molecular formula is C18H19F2N3O4S. The van der Waals surface area contributed by atoms with Gasteiger partial charge < -0.3 is 10.6 Å². The number of likely N-dealkylation sites (N-methyl/N-ethyl adjacent to an activating group) is 1. The number of rotatable bonds is 6. The summed E-state index contributed by atoms with van der Waals surface area (Å²) in [6.45, 7) is 0. The van der Waals surface area contributed by atoms with Crippen molar-refractivity contribution in [3.63, 3.8) is 0 Å². The zero-order chi connectivity index (χ0) is 21.1. The van der Waals surface area contributed by atoms with Crippen LogP contribution in [-0.2, 0) is 14.8 Å². The number of amides is 2. The van der Waals surface area contributed by atoms with Crippen molar-refractivity contribution >= 4 is 21.8 Å². The Balaban J connectivity index is 2.37. The van der Waals surface area contributed by atoms with Gasteiger partial charge >= 0.3 is 0 Å². The van der Waals surface area contributed by atoms with Crippen LogP contribution in [0.15, 0.2) is 47.4 Å². The third kappa shape index (κ3) is 4.52. The summed E-state index contributed by atoms with van der Waals surface area (Å²) < 4.78 is 52.2. The average Bonchev–Trinajstić information content (AvgIpc) is 2.67. The van der Waals surface area contributed by atoms with E-state index in [1.807, 2.05) is 0 Å². The summed E-state index contributed by atoms with van der Waals surface area (Å²) in [5.74, 6) is -3.67. The van der Waals surface area contributed by atoms with E-state index in [1.54, 1.807) is 0 Å². The molecule has 0 heterocycles. The number of hydrogen-bond donors (Lipinski definition) is 2. The highest BCUT2D eigenvalue weighted by molar-refractivity contribution is 7.89. The first kappa shape index (κ1) is 21.5. The van der Waals surface area contributed by atoms with Crippen LogP contribution in [0.5, 0.6) is 0 Å². The Morgan fingerprint density at radius 3 is 2.29 bits per heavy atom. The van der Waals surface area contributed by atoms with Gasteiger partial charge in [-0.25, -0.2) is 21.5 Å². The van der Waals surface area contributed by atoms with E-state index in [0.717, 1.165) is 22.5 Å². The molecule has 0 aliphatic heterocycles. The Bertz CT molecular complexity index is 1010. The molecule has 2 N–H and O–H groups in total. The molecule has 0 aliphatic carbocycles. The van der Waals surface area contributed by atoms with Crippen molar-refractivity contribution in [2.75, 3.05) is 21.1 Å². The maximum absolute atomic E-state index is 13.5. The molecule has 2 aromatic carbocycles. The monoisotopic (exact) mass is 411 g/mol. The Morgan fingerprint density at radius 1 is 1.04 bits per heavy atom. The van der Waals surface area contributed by atoms with Crippen molar-refractivity contribution < 1.29 is 26.8 Å². The van der Waals surface area contributed by atoms with Crippen molar-refractivity contribution in [2.24, 2.45) is 0 Å². The molecule has 0 bridgehead atoms. The molecule has 7 nitrogen and oxygen atoms in total. The highest BCUT2D eigenvalue weighted by Crippen LogP contribution is 2.19. The summed E-state index contributed by atoms with van der Waals surface area (Å²) in [4.78, 5) is 24.6. The van der Waals surface area contributed by atoms with Crippen molar-refractivity contribution in [3.05, 3.63) is 65.2 Å². The highest BCUT2D eigenvalue weighted by atomic mass is 32.2. The van der Waals surface area contributed by atoms with E-state index in [1.165, 1.54) is 45.4 Å². The number of carbonyl (C=O) groups is 2. The number of carbonyl (C=O) groups excluding carboxylic acids is 2. The third-order valence-electron chi connectivity index (χ3n) is 3.94. The second-order valence-electron chi connectivity index (χ2n) is 6.01. The van der Waals surface area contributed by atoms with Crippen LogP contribution in [0.25, 0.3) is 0 Å². The molecule has 2 amide bonds. The predicted octanol–water partition coefficient (Wildman–Crippen LogP) is 1.43. The summed E-state index contributed by atoms with van der Waals surface area (Å²) in [6.07, 6.45) is 0. The Kier molecular flexibility index (Phi) is 6.47. The lowest BCUT2D eigenvalue weighted by Crippen LogP contribution is -2.39. The van der Waals surface area contributed by atoms with E-state index in [0.29, 0.717) is 0 Å². The fourth-order valence-electron chi connectivity index (χ4n) is 2.36. The number of sulfonamides is 1. The number of nitrogens with zero attached hydrogens (tertiary/aromatic N) is 1. The molecular weight excluding hydrogens is 392 g/mol. The van der Waals surface area contributed by atoms with Crippen LogP contribution in [0.4, 0.5) is 8.78 Å². The van der Waals surface area contributed by atoms with E-state index in [4.69, 9.17) is 0 Å². The van der Waals surface area contributed by atoms with Crippen LogP contribution >= 0.6 is 0 Å². The van der Waals surface area contributed by atoms with Gasteiger partial charge in [0.05, 0.1) is 4.90 Å². The zero-order valence-electron chi connectivity index (χ0n) is 15.4. The second-order valence-corrected chi connectivity index (χ2v) is 8.16. The number of halogens is 2. The minimum atomic E-state index is -3.76. The molecule has 0 aromatic heterocycles. The van der Waals surface area contributed by atoms with Gasteiger partial charge in [0.25, 0.3) is 5.91 Å². The van der Waals surface area contributed by atoms with Gasteiger partial charge in [-0.05, 0) is 35.9 Å². The van der Waals surface area contributed by atoms with Gasteiger partial charge in [0.1, 0.15) is 6.04 Å². The fourth-order valence-corrected chi connectivity index (χ4v) is 3.31. The quantitative estimate of drug-likeness (QED) is 0.752. The maximum atomic E-state index is 13.5. The van der Waals surface area contributed by atoms with Crippen molar-refractivity contribution in [1.82, 2.24) is 14.9 Å². The first-order chi connectivity index (χ1) is 13.1. The first-order valence-corrected chi connectivity index (χ1v) is 9.52. The molecule has 0 saturated carbocycles. The van der Waals surface area contributed by atoms with Gasteiger partial charge in [0, 0.05) is 26.7 Å². The molecule has 1 atom stereocenters. The largest absolute Gasteiger partial charge is 0.357 e. The smallest absolute Gasteiger partial charge is 0.252 e. The van der Waals surface area contributed by atoms with Gasteiger partial charge in [0.15, 0.2) is 11.6 Å². The summed E-state index contributed by atoms with van der Waals surface area (Å²) in [5.41, 5.74) is 0.0167. The molecule has 28 heavy (non-hydrogen) atoms. The minimum Gasteiger partial charge on any atom is -0.357 e. The van der Waals surface area contributed by atoms with Crippen LogP contribution in [0, 0.1) is 11.6 Å². The molecule has 150 valence electrons. The van der Waals surface area contributed by atoms with Crippen LogP contribution < -0.4 is 10.6 Å². The molecule has 1 unspecified atom stereocenters. The number of hydrogen-bond acceptors (Lipinski definition) is 4. The van der Waals surface area contributed by atoms with Crippen LogP contribution in [0.1, 0.15) is 22.0 Å². The van der Waals surface area contributed by atoms with Crippen LogP contribution in [0.2, 0.25) is 0 Å². The fraction of sp³-hybridized carbons (Fsp3) is 0.222. The van der Waals surface area contributed by atoms with Gasteiger partial charge in [-0.2, -0.15) is 0 Å². The molecule has 0 radical (unpaired) electrons. The zero-order valence-corrected chi connectivity index (χ0v) is 16.2. The van der Waals surface area contributed by atoms with E-state index in [9.17, 15) is 26.8 Å². The van der Waals surface area contributed by atoms with E-state index < -0.39 is 39.5 Å². The Hall–Kier alpha value is -2.85. The molecule has 0 fully saturated rings. The lowest BCUT2D eigenvalue weighted by atomic mass is 10.0. The Morgan fingerprint density at radius 2 is 1.71 bits per heavy atom. The van der Waals surface area contributed by atoms with Gasteiger partial charge in [-0.15, -0.1) is 0 Å². The maximum Gasteiger partial charge on any atom is 0.252 e. The Labute approximate surface area is 161 Å². The van der Waals surface area contributed by atoms with E-state index in [2.05, 4.69) is 10.6 Å². The van der Waals surface area contributed by atoms with Crippen molar-refractivity contribution in [3.8, 4) is 0 Å². The van der Waals surface area contributed by atoms with Crippen LogP contribution in [0.3, 0.4) is 0 Å². The summed E-state index contributed by atoms with van der Waals surface area (Å²) in [6, 6.07) is 6.77. The summed E-state index contributed by atoms with van der Waals surface area (Å²) >= 11 is 0. The van der Waals surface area contributed by atoms with E-state index in [-0.39, 0.29) is 16.0 Å². The average molecular weight is 411 g/mol. The molecule has 0 spiro atoms. The highest BCUT2D eigenvalue weighted by Gasteiger charge is 2.25. The lowest BCUT2D eigenvalue weighted by Gasteiger charge is -2.18. The topological polar surface area (TPSA) is 95.6 Å². The van der Waals surface area contributed by atoms with Gasteiger partial charge in [-0.1, -0.05) is 12.1 Å². The minimum absolute atomic E-state index is 0.0144. The molecule has 2 aromatic rings. The first-order valence-electron chi connectivity index (χ1n) is 8.08. The second kappa shape index (κ2) is 8.44. The van der Waals surface area contributed by atoms with Gasteiger partial charge in [0.2, 0.25) is 15.9 Å². The molecule has 2 rings (SSSR count). The van der Waals surface area contributed by atoms with Crippen molar-refractivity contribution in [1.29, 1.82) is 0 Å². The molecule has 10 heteroatoms. The van der Waals surface area contributed by atoms with Crippen LogP contribution in [-0.4, -0.2) is 45.7 Å². The summed E-state index contributed by atoms with van der Waals surface area (Å²) in [7, 11) is 0.271. The number of nitrogens with one attached hydrogen (secondary N) is 2. The molecule has 0 saturated heterocycles. The standard InChI is InChI=1S/C18H19F2N3O4S/c1-21-18(25)16(11-7-8-14(19)15(20)10-11)22-17(24)12-5-4-6-13(9-12)28(26,27)23(2)3/h4-10,16H,1-3H3,(H,21,25)(H,22,24). The summed E-state index contributed by atoms with van der Waals surface area (Å²) in [5, 5.41) is 4.74. The SMILES string of the molecule is CNC(=O)C(NC(=O)c1cccc(S(=O)(=O)N(C)C)c1)c1ccc(F)c(F)c1. The normalized spacial score (nSPS) is 12.5. The lowest BCUT2D eigenvalue weighted by molar-refractivity contribution is -0.122. The van der Waals surface area contributed by atoms with Gasteiger partial charge in [-0.3, -0.25) is 9.59 Å². The molecule has 0 aliphatic rings. The number of benzene rings is 2. The van der Waals surface area contributed by atoms with Crippen molar-refractivity contribution in [2.45, 2.75) is 10.9 Å². The third-order valence-corrected chi connectivity index (χ3v) is 5.75.